The summed E-state index contributed by atoms with van der Waals surface area (Å²) in [6.45, 7) is 4.94. The summed E-state index contributed by atoms with van der Waals surface area (Å²) >= 11 is 0. The Kier molecular flexibility index (Phi) is 55.5. The highest BCUT2D eigenvalue weighted by Gasteiger charge is 2.20. The number of unbranched alkanes of at least 4 members (excludes halogenated alkanes) is 41. The lowest BCUT2D eigenvalue weighted by Gasteiger charge is -2.22. The molecule has 0 aromatic carbocycles. The van der Waals surface area contributed by atoms with Crippen LogP contribution in [-0.4, -0.2) is 47.4 Å². The minimum absolute atomic E-state index is 0.0127. The minimum atomic E-state index is -0.662. The number of carbonyl (C=O) groups is 2. The summed E-state index contributed by atoms with van der Waals surface area (Å²) in [5, 5.41) is 23.1. The highest BCUT2D eigenvalue weighted by atomic mass is 16.5. The van der Waals surface area contributed by atoms with Crippen molar-refractivity contribution in [1.82, 2.24) is 5.32 Å². The Bertz CT molecular complexity index is 1040. The van der Waals surface area contributed by atoms with Crippen LogP contribution in [0.2, 0.25) is 0 Å². The second kappa shape index (κ2) is 56.9. The van der Waals surface area contributed by atoms with E-state index in [0.29, 0.717) is 25.9 Å². The van der Waals surface area contributed by atoms with Gasteiger partial charge in [-0.3, -0.25) is 9.59 Å². The van der Waals surface area contributed by atoms with E-state index >= 15 is 0 Å². The van der Waals surface area contributed by atoms with Gasteiger partial charge in [-0.05, 0) is 57.8 Å². The normalized spacial score (nSPS) is 12.7. The number of aliphatic hydroxyl groups is 2. The molecule has 0 aromatic heterocycles. The Morgan fingerprint density at radius 3 is 1.13 bits per heavy atom. The van der Waals surface area contributed by atoms with Crippen molar-refractivity contribution in [2.75, 3.05) is 13.2 Å². The van der Waals surface area contributed by atoms with Crippen LogP contribution in [0, 0.1) is 0 Å². The van der Waals surface area contributed by atoms with Crippen LogP contribution in [0.4, 0.5) is 0 Å². The molecule has 0 aliphatic rings. The molecule has 1 amide bonds. The van der Waals surface area contributed by atoms with Gasteiger partial charge in [0.1, 0.15) is 0 Å². The first-order valence-electron chi connectivity index (χ1n) is 30.1. The fraction of sp³-hybridized carbons (Fsp3) is 0.902. The topological polar surface area (TPSA) is 95.9 Å². The molecule has 2 unspecified atom stereocenters. The second-order valence-electron chi connectivity index (χ2n) is 20.7. The van der Waals surface area contributed by atoms with Gasteiger partial charge < -0.3 is 20.3 Å². The summed E-state index contributed by atoms with van der Waals surface area (Å²) in [6.07, 6.45) is 69.1. The molecule has 0 rings (SSSR count). The quantitative estimate of drug-likeness (QED) is 0.0321. The van der Waals surface area contributed by atoms with Crippen molar-refractivity contribution < 1.29 is 24.5 Å². The number of ether oxygens (including phenoxy) is 1. The Hall–Kier alpha value is -1.66. The van der Waals surface area contributed by atoms with Crippen LogP contribution in [0.1, 0.15) is 328 Å². The van der Waals surface area contributed by atoms with E-state index in [2.05, 4.69) is 43.5 Å². The number of carbonyl (C=O) groups excluding carboxylic acids is 2. The largest absolute Gasteiger partial charge is 0.466 e. The van der Waals surface area contributed by atoms with E-state index in [4.69, 9.17) is 4.74 Å². The molecule has 0 aromatic rings. The predicted molar refractivity (Wildman–Crippen MR) is 292 cm³/mol. The molecule has 0 fully saturated rings. The number of nitrogens with one attached hydrogen (secondary N) is 1. The first-order valence-corrected chi connectivity index (χ1v) is 30.1. The van der Waals surface area contributed by atoms with Crippen LogP contribution in [0.15, 0.2) is 24.3 Å². The van der Waals surface area contributed by atoms with Crippen LogP contribution in [0.5, 0.6) is 0 Å². The first kappa shape index (κ1) is 65.3. The third kappa shape index (κ3) is 53.5. The van der Waals surface area contributed by atoms with Gasteiger partial charge in [0, 0.05) is 12.8 Å². The van der Waals surface area contributed by atoms with Crippen molar-refractivity contribution in [2.45, 2.75) is 341 Å². The fourth-order valence-corrected chi connectivity index (χ4v) is 9.38. The van der Waals surface area contributed by atoms with E-state index in [-0.39, 0.29) is 18.5 Å². The lowest BCUT2D eigenvalue weighted by atomic mass is 10.0. The standard InChI is InChI=1S/C61H117NO5/c1-3-5-7-9-11-13-14-35-39-43-47-51-55-61(66)67-56-52-48-44-40-36-33-31-29-27-25-23-21-19-17-15-16-18-20-22-24-26-28-30-32-34-38-42-46-50-54-60(65)62-58(57-63)59(64)53-49-45-41-37-12-10-8-6-4-2/h15,17,21,23,58-59,63-64H,3-14,16,18-20,22,24-57H2,1-2H3,(H,62,65)/b17-15-,23-21-. The molecule has 0 saturated heterocycles. The molecule has 0 bridgehead atoms. The van der Waals surface area contributed by atoms with Crippen LogP contribution >= 0.6 is 0 Å². The number of esters is 1. The van der Waals surface area contributed by atoms with Crippen LogP contribution < -0.4 is 5.32 Å². The predicted octanol–water partition coefficient (Wildman–Crippen LogP) is 18.6. The monoisotopic (exact) mass is 944 g/mol. The van der Waals surface area contributed by atoms with E-state index in [1.165, 1.54) is 250 Å². The van der Waals surface area contributed by atoms with Crippen LogP contribution in [0.25, 0.3) is 0 Å². The lowest BCUT2D eigenvalue weighted by Crippen LogP contribution is -2.45. The molecule has 0 heterocycles. The van der Waals surface area contributed by atoms with Crippen molar-refractivity contribution in [3.05, 3.63) is 24.3 Å². The molecular formula is C61H117NO5. The summed E-state index contributed by atoms with van der Waals surface area (Å²) < 4.78 is 5.47. The molecule has 67 heavy (non-hydrogen) atoms. The average Bonchev–Trinajstić information content (AvgIpc) is 3.33. The summed E-state index contributed by atoms with van der Waals surface area (Å²) in [4.78, 5) is 24.4. The highest BCUT2D eigenvalue weighted by Crippen LogP contribution is 2.17. The van der Waals surface area contributed by atoms with E-state index in [1.54, 1.807) is 0 Å². The number of hydrogen-bond acceptors (Lipinski definition) is 5. The molecule has 3 N–H and O–H groups in total. The molecule has 6 heteroatoms. The van der Waals surface area contributed by atoms with Crippen LogP contribution in [0.3, 0.4) is 0 Å². The summed E-state index contributed by atoms with van der Waals surface area (Å²) in [5.41, 5.74) is 0. The molecular weight excluding hydrogens is 827 g/mol. The van der Waals surface area contributed by atoms with Gasteiger partial charge in [0.2, 0.25) is 5.91 Å². The van der Waals surface area contributed by atoms with Gasteiger partial charge in [-0.1, -0.05) is 282 Å². The zero-order valence-corrected chi connectivity index (χ0v) is 45.1. The minimum Gasteiger partial charge on any atom is -0.466 e. The van der Waals surface area contributed by atoms with Gasteiger partial charge in [0.05, 0.1) is 25.4 Å². The number of hydrogen-bond donors (Lipinski definition) is 3. The second-order valence-corrected chi connectivity index (χ2v) is 20.7. The zero-order valence-electron chi connectivity index (χ0n) is 45.1. The third-order valence-corrected chi connectivity index (χ3v) is 14.0. The molecule has 0 aliphatic heterocycles. The van der Waals surface area contributed by atoms with Gasteiger partial charge in [0.15, 0.2) is 0 Å². The number of allylic oxidation sites excluding steroid dienone is 4. The van der Waals surface area contributed by atoms with E-state index < -0.39 is 12.1 Å². The van der Waals surface area contributed by atoms with E-state index in [1.807, 2.05) is 0 Å². The smallest absolute Gasteiger partial charge is 0.305 e. The number of aliphatic hydroxyl groups excluding tert-OH is 2. The zero-order chi connectivity index (χ0) is 48.6. The average molecular weight is 945 g/mol. The fourth-order valence-electron chi connectivity index (χ4n) is 9.38. The summed E-state index contributed by atoms with van der Waals surface area (Å²) in [6, 6.07) is -0.539. The Morgan fingerprint density at radius 2 is 0.746 bits per heavy atom. The molecule has 0 aliphatic carbocycles. The van der Waals surface area contributed by atoms with Crippen molar-refractivity contribution in [1.29, 1.82) is 0 Å². The molecule has 396 valence electrons. The number of amides is 1. The molecule has 2 atom stereocenters. The molecule has 0 spiro atoms. The molecule has 0 saturated carbocycles. The maximum Gasteiger partial charge on any atom is 0.305 e. The maximum absolute atomic E-state index is 12.4. The maximum atomic E-state index is 12.4. The third-order valence-electron chi connectivity index (χ3n) is 14.0. The summed E-state index contributed by atoms with van der Waals surface area (Å²) in [7, 11) is 0. The van der Waals surface area contributed by atoms with Gasteiger partial charge >= 0.3 is 5.97 Å². The Morgan fingerprint density at radius 1 is 0.418 bits per heavy atom. The van der Waals surface area contributed by atoms with Crippen molar-refractivity contribution in [3.63, 3.8) is 0 Å². The van der Waals surface area contributed by atoms with Crippen molar-refractivity contribution in [3.8, 4) is 0 Å². The lowest BCUT2D eigenvalue weighted by molar-refractivity contribution is -0.143. The van der Waals surface area contributed by atoms with Gasteiger partial charge in [0.25, 0.3) is 0 Å². The Balaban J connectivity index is 3.37. The number of rotatable bonds is 56. The molecule has 0 radical (unpaired) electrons. The molecule has 6 nitrogen and oxygen atoms in total. The van der Waals surface area contributed by atoms with Crippen molar-refractivity contribution >= 4 is 11.9 Å². The van der Waals surface area contributed by atoms with Crippen LogP contribution in [-0.2, 0) is 14.3 Å². The first-order chi connectivity index (χ1) is 33.0. The van der Waals surface area contributed by atoms with Gasteiger partial charge in [-0.2, -0.15) is 0 Å². The summed E-state index contributed by atoms with van der Waals surface area (Å²) in [5.74, 6) is -0.0249. The Labute approximate surface area is 418 Å². The van der Waals surface area contributed by atoms with E-state index in [0.717, 1.165) is 44.9 Å². The SMILES string of the molecule is CCCCCCCCCCCCCCC(=O)OCCCCCCCCCCC/C=C\C/C=C\CCCCCCCCCCCCCCCC(=O)NC(CO)C(O)CCCCCCCCCCC. The van der Waals surface area contributed by atoms with Crippen molar-refractivity contribution in [2.24, 2.45) is 0 Å². The van der Waals surface area contributed by atoms with E-state index in [9.17, 15) is 19.8 Å². The van der Waals surface area contributed by atoms with Gasteiger partial charge in [-0.25, -0.2) is 0 Å². The highest BCUT2D eigenvalue weighted by molar-refractivity contribution is 5.76. The van der Waals surface area contributed by atoms with Gasteiger partial charge in [-0.15, -0.1) is 0 Å².